The van der Waals surface area contributed by atoms with Crippen molar-refractivity contribution < 1.29 is 23.1 Å². The van der Waals surface area contributed by atoms with Gasteiger partial charge in [-0.15, -0.1) is 5.10 Å². The number of rotatable bonds is 6. The lowest BCUT2D eigenvalue weighted by Gasteiger charge is -2.33. The number of piperidine rings is 1. The normalized spacial score (nSPS) is 18.4. The van der Waals surface area contributed by atoms with Crippen LogP contribution < -0.4 is 15.1 Å². The van der Waals surface area contributed by atoms with Gasteiger partial charge in [-0.1, -0.05) is 11.3 Å². The van der Waals surface area contributed by atoms with Crippen LogP contribution in [0.5, 0.6) is 0 Å². The minimum atomic E-state index is -0.611. The number of anilines is 2. The summed E-state index contributed by atoms with van der Waals surface area (Å²) in [5.74, 6) is -1.22. The second-order valence-corrected chi connectivity index (χ2v) is 8.99. The molecule has 2 saturated heterocycles. The third kappa shape index (κ3) is 4.86. The summed E-state index contributed by atoms with van der Waals surface area (Å²) < 4.78 is 37.2. The number of nitrogens with zero attached hydrogens (tertiary/aromatic N) is 5. The maximum absolute atomic E-state index is 15.1. The minimum absolute atomic E-state index is 0.182. The van der Waals surface area contributed by atoms with Crippen LogP contribution in [-0.2, 0) is 9.53 Å². The van der Waals surface area contributed by atoms with Crippen LogP contribution in [0.4, 0.5) is 25.0 Å². The van der Waals surface area contributed by atoms with E-state index in [0.717, 1.165) is 12.8 Å². The maximum atomic E-state index is 15.1. The number of hydrogen-bond donors (Lipinski definition) is 1. The molecule has 11 heteroatoms. The van der Waals surface area contributed by atoms with Crippen molar-refractivity contribution in [3.05, 3.63) is 60.4 Å². The van der Waals surface area contributed by atoms with E-state index in [1.807, 2.05) is 15.8 Å². The standard InChI is InChI=1S/C25H26F2N6O3/c1-16(34)28-14-20-15-32(25(35)36-20)19-3-4-21(22(26)13-19)17-2-5-24(23(27)12-17)31-9-6-18(7-10-31)33-11-8-29-30-33/h2-5,8,11-13,18,20H,6-7,9-10,14-15H2,1H3,(H,28,34). The van der Waals surface area contributed by atoms with Crippen LogP contribution >= 0.6 is 0 Å². The van der Waals surface area contributed by atoms with Gasteiger partial charge in [0.2, 0.25) is 5.91 Å². The van der Waals surface area contributed by atoms with Crippen LogP contribution in [0.1, 0.15) is 25.8 Å². The Bertz CT molecular complexity index is 1260. The summed E-state index contributed by atoms with van der Waals surface area (Å²) in [6.45, 7) is 3.11. The largest absolute Gasteiger partial charge is 0.442 e. The highest BCUT2D eigenvalue weighted by Gasteiger charge is 2.33. The van der Waals surface area contributed by atoms with E-state index in [9.17, 15) is 9.59 Å². The first-order chi connectivity index (χ1) is 17.4. The third-order valence-electron chi connectivity index (χ3n) is 6.60. The predicted octanol–water partition coefficient (Wildman–Crippen LogP) is 3.53. The number of benzene rings is 2. The fourth-order valence-corrected chi connectivity index (χ4v) is 4.72. The Morgan fingerprint density at radius 1 is 1.14 bits per heavy atom. The van der Waals surface area contributed by atoms with Gasteiger partial charge in [0.25, 0.3) is 0 Å². The van der Waals surface area contributed by atoms with Crippen molar-refractivity contribution >= 4 is 23.4 Å². The lowest BCUT2D eigenvalue weighted by molar-refractivity contribution is -0.119. The molecular formula is C25H26F2N6O3. The number of carbonyl (C=O) groups is 2. The number of hydrogen-bond acceptors (Lipinski definition) is 6. The molecule has 0 bridgehead atoms. The zero-order valence-electron chi connectivity index (χ0n) is 19.7. The molecule has 0 spiro atoms. The minimum Gasteiger partial charge on any atom is -0.442 e. The van der Waals surface area contributed by atoms with Crippen LogP contribution in [0, 0.1) is 11.6 Å². The lowest BCUT2D eigenvalue weighted by Crippen LogP contribution is -2.35. The molecular weight excluding hydrogens is 470 g/mol. The molecule has 0 radical (unpaired) electrons. The van der Waals surface area contributed by atoms with Gasteiger partial charge in [0.15, 0.2) is 0 Å². The summed E-state index contributed by atoms with van der Waals surface area (Å²) in [6.07, 6.45) is 4.01. The zero-order chi connectivity index (χ0) is 25.2. The van der Waals surface area contributed by atoms with Gasteiger partial charge in [-0.25, -0.2) is 18.3 Å². The SMILES string of the molecule is CC(=O)NCC1CN(c2ccc(-c3ccc(N4CCC(n5ccnn5)CC4)c(F)c3)c(F)c2)C(=O)O1. The number of carbonyl (C=O) groups excluding carboxylic acids is 2. The second-order valence-electron chi connectivity index (χ2n) is 8.99. The Morgan fingerprint density at radius 3 is 2.61 bits per heavy atom. The van der Waals surface area contributed by atoms with Gasteiger partial charge < -0.3 is 15.0 Å². The van der Waals surface area contributed by atoms with Gasteiger partial charge in [0, 0.05) is 31.8 Å². The van der Waals surface area contributed by atoms with Crippen molar-refractivity contribution in [2.75, 3.05) is 36.0 Å². The van der Waals surface area contributed by atoms with Crippen LogP contribution in [0.3, 0.4) is 0 Å². The van der Waals surface area contributed by atoms with Crippen molar-refractivity contribution in [1.29, 1.82) is 0 Å². The molecule has 3 heterocycles. The number of aromatic nitrogens is 3. The molecule has 188 valence electrons. The molecule has 1 unspecified atom stereocenters. The van der Waals surface area contributed by atoms with Crippen LogP contribution in [0.2, 0.25) is 0 Å². The van der Waals surface area contributed by atoms with Crippen LogP contribution in [0.15, 0.2) is 48.8 Å². The molecule has 1 aromatic heterocycles. The number of halogens is 2. The van der Waals surface area contributed by atoms with Gasteiger partial charge in [-0.05, 0) is 48.7 Å². The number of nitrogens with one attached hydrogen (secondary N) is 1. The average molecular weight is 497 g/mol. The smallest absolute Gasteiger partial charge is 0.414 e. The van der Waals surface area contributed by atoms with Crippen molar-refractivity contribution in [3.63, 3.8) is 0 Å². The van der Waals surface area contributed by atoms with Gasteiger partial charge in [-0.3, -0.25) is 9.69 Å². The molecule has 36 heavy (non-hydrogen) atoms. The topological polar surface area (TPSA) is 92.6 Å². The van der Waals surface area contributed by atoms with E-state index in [2.05, 4.69) is 15.6 Å². The van der Waals surface area contributed by atoms with Crippen molar-refractivity contribution in [1.82, 2.24) is 20.3 Å². The summed E-state index contributed by atoms with van der Waals surface area (Å²) in [4.78, 5) is 26.6. The average Bonchev–Trinajstić information content (AvgIpc) is 3.53. The van der Waals surface area contributed by atoms with E-state index in [-0.39, 0.29) is 30.6 Å². The van der Waals surface area contributed by atoms with Gasteiger partial charge >= 0.3 is 6.09 Å². The van der Waals surface area contributed by atoms with E-state index in [1.54, 1.807) is 24.4 Å². The molecule has 1 N–H and O–H groups in total. The summed E-state index contributed by atoms with van der Waals surface area (Å²) in [6, 6.07) is 9.32. The molecule has 5 rings (SSSR count). The Labute approximate surface area is 206 Å². The summed E-state index contributed by atoms with van der Waals surface area (Å²) in [5, 5.41) is 10.5. The fraction of sp³-hybridized carbons (Fsp3) is 0.360. The van der Waals surface area contributed by atoms with Crippen LogP contribution in [0.25, 0.3) is 11.1 Å². The van der Waals surface area contributed by atoms with Crippen molar-refractivity contribution in [3.8, 4) is 11.1 Å². The molecule has 2 aliphatic rings. The number of ether oxygens (including phenoxy) is 1. The Kier molecular flexibility index (Phi) is 6.53. The third-order valence-corrected chi connectivity index (χ3v) is 6.60. The van der Waals surface area contributed by atoms with Crippen molar-refractivity contribution in [2.24, 2.45) is 0 Å². The lowest BCUT2D eigenvalue weighted by atomic mass is 10.0. The molecule has 0 saturated carbocycles. The first-order valence-electron chi connectivity index (χ1n) is 11.8. The van der Waals surface area contributed by atoms with Crippen LogP contribution in [-0.4, -0.2) is 59.3 Å². The predicted molar refractivity (Wildman–Crippen MR) is 129 cm³/mol. The monoisotopic (exact) mass is 496 g/mol. The van der Waals surface area contributed by atoms with Gasteiger partial charge in [-0.2, -0.15) is 0 Å². The first-order valence-corrected chi connectivity index (χ1v) is 11.8. The number of amides is 2. The van der Waals surface area contributed by atoms with E-state index in [1.165, 1.54) is 30.0 Å². The molecule has 9 nitrogen and oxygen atoms in total. The molecule has 1 atom stereocenters. The molecule has 0 aliphatic carbocycles. The first kappa shape index (κ1) is 23.7. The highest BCUT2D eigenvalue weighted by molar-refractivity contribution is 5.90. The molecule has 3 aromatic rings. The quantitative estimate of drug-likeness (QED) is 0.562. The second kappa shape index (κ2) is 9.92. The summed E-state index contributed by atoms with van der Waals surface area (Å²) in [7, 11) is 0. The van der Waals surface area contributed by atoms with Crippen molar-refractivity contribution in [2.45, 2.75) is 31.9 Å². The molecule has 2 aromatic carbocycles. The van der Waals surface area contributed by atoms with E-state index >= 15 is 8.78 Å². The zero-order valence-corrected chi connectivity index (χ0v) is 19.7. The molecule has 2 aliphatic heterocycles. The van der Waals surface area contributed by atoms with E-state index in [4.69, 9.17) is 4.74 Å². The van der Waals surface area contributed by atoms with Gasteiger partial charge in [0.1, 0.15) is 17.7 Å². The van der Waals surface area contributed by atoms with E-state index < -0.39 is 23.8 Å². The summed E-state index contributed by atoms with van der Waals surface area (Å²) >= 11 is 0. The number of cyclic esters (lactones) is 1. The van der Waals surface area contributed by atoms with Gasteiger partial charge in [0.05, 0.1) is 36.7 Å². The maximum Gasteiger partial charge on any atom is 0.414 e. The Hall–Kier alpha value is -4.02. The highest BCUT2D eigenvalue weighted by Crippen LogP contribution is 2.33. The Morgan fingerprint density at radius 2 is 1.94 bits per heavy atom. The highest BCUT2D eigenvalue weighted by atomic mass is 19.1. The Balaban J connectivity index is 1.27. The summed E-state index contributed by atoms with van der Waals surface area (Å²) in [5.41, 5.74) is 1.46. The van der Waals surface area contributed by atoms with E-state index in [0.29, 0.717) is 30.0 Å². The fourth-order valence-electron chi connectivity index (χ4n) is 4.72. The molecule has 2 fully saturated rings. The molecule has 2 amide bonds.